The smallest absolute Gasteiger partial charge is 0.218 e. The summed E-state index contributed by atoms with van der Waals surface area (Å²) >= 11 is 1.43. The average Bonchev–Trinajstić information content (AvgIpc) is 2.92. The molecule has 0 saturated carbocycles. The molecule has 0 aliphatic heterocycles. The quantitative estimate of drug-likeness (QED) is 0.726. The number of hydrogen-bond donors (Lipinski definition) is 0. The molecule has 0 unspecified atom stereocenters. The Morgan fingerprint density at radius 3 is 2.84 bits per heavy atom. The van der Waals surface area contributed by atoms with Gasteiger partial charge in [0.1, 0.15) is 6.61 Å². The molecule has 0 fully saturated rings. The molecule has 0 saturated heterocycles. The van der Waals surface area contributed by atoms with Crippen LogP contribution in [-0.2, 0) is 6.61 Å². The van der Waals surface area contributed by atoms with E-state index in [1.54, 1.807) is 0 Å². The van der Waals surface area contributed by atoms with Gasteiger partial charge in [0.15, 0.2) is 0 Å². The molecule has 0 aliphatic rings. The van der Waals surface area contributed by atoms with Gasteiger partial charge < -0.3 is 4.74 Å². The summed E-state index contributed by atoms with van der Waals surface area (Å²) in [6, 6.07) is 10.0. The van der Waals surface area contributed by atoms with Crippen molar-refractivity contribution in [1.29, 1.82) is 0 Å². The summed E-state index contributed by atoms with van der Waals surface area (Å²) in [7, 11) is 0. The summed E-state index contributed by atoms with van der Waals surface area (Å²) in [4.78, 5) is 4.47. The average molecular weight is 269 g/mol. The van der Waals surface area contributed by atoms with Crippen LogP contribution >= 0.6 is 11.5 Å². The first-order valence-electron chi connectivity index (χ1n) is 5.99. The summed E-state index contributed by atoms with van der Waals surface area (Å²) in [5.74, 6) is 0.595. The second-order valence-electron chi connectivity index (χ2n) is 4.32. The molecule has 2 aromatic heterocycles. The lowest BCUT2D eigenvalue weighted by atomic mass is 10.2. The zero-order valence-corrected chi connectivity index (χ0v) is 11.4. The molecular weight excluding hydrogens is 256 g/mol. The number of hydrogen-bond acceptors (Lipinski definition) is 4. The van der Waals surface area contributed by atoms with E-state index in [1.807, 2.05) is 43.5 Å². The van der Waals surface area contributed by atoms with Gasteiger partial charge in [-0.25, -0.2) is 4.98 Å². The van der Waals surface area contributed by atoms with Gasteiger partial charge in [-0.3, -0.25) is 0 Å². The zero-order valence-electron chi connectivity index (χ0n) is 10.6. The van der Waals surface area contributed by atoms with E-state index in [1.165, 1.54) is 11.5 Å². The van der Waals surface area contributed by atoms with E-state index >= 15 is 0 Å². The fourth-order valence-corrected chi connectivity index (χ4v) is 2.70. The molecule has 3 nitrogen and oxygen atoms in total. The number of aromatic nitrogens is 2. The lowest BCUT2D eigenvalue weighted by Gasteiger charge is -2.09. The van der Waals surface area contributed by atoms with Crippen molar-refractivity contribution >= 4 is 21.6 Å². The lowest BCUT2D eigenvalue weighted by Crippen LogP contribution is -2.00. The summed E-state index contributed by atoms with van der Waals surface area (Å²) in [5, 5.41) is 1.06. The molecule has 1 aromatic carbocycles. The first-order chi connectivity index (χ1) is 9.25. The highest BCUT2D eigenvalue weighted by Gasteiger charge is 2.11. The molecule has 0 amide bonds. The maximum Gasteiger partial charge on any atom is 0.218 e. The fraction of sp³-hybridized carbons (Fsp3) is 0.133. The molecule has 3 aromatic rings. The molecule has 19 heavy (non-hydrogen) atoms. The molecule has 0 aliphatic carbocycles. The Bertz CT molecular complexity index is 707. The third-order valence-electron chi connectivity index (χ3n) is 2.98. The highest BCUT2D eigenvalue weighted by molar-refractivity contribution is 7.13. The Morgan fingerprint density at radius 1 is 1.26 bits per heavy atom. The third-order valence-corrected chi connectivity index (χ3v) is 3.84. The van der Waals surface area contributed by atoms with Crippen LogP contribution < -0.4 is 4.74 Å². The van der Waals surface area contributed by atoms with Crippen molar-refractivity contribution in [3.63, 3.8) is 0 Å². The second-order valence-corrected chi connectivity index (χ2v) is 5.13. The van der Waals surface area contributed by atoms with Crippen molar-refractivity contribution in [3.05, 3.63) is 60.3 Å². The minimum absolute atomic E-state index is 0.500. The summed E-state index contributed by atoms with van der Waals surface area (Å²) in [6.07, 6.45) is 1.83. The van der Waals surface area contributed by atoms with E-state index in [0.717, 1.165) is 26.9 Å². The van der Waals surface area contributed by atoms with Gasteiger partial charge in [-0.05, 0) is 30.9 Å². The van der Waals surface area contributed by atoms with Gasteiger partial charge in [0, 0.05) is 10.9 Å². The molecule has 1 radical (unpaired) electrons. The number of pyridine rings is 1. The van der Waals surface area contributed by atoms with Crippen molar-refractivity contribution in [3.8, 4) is 5.88 Å². The predicted molar refractivity (Wildman–Crippen MR) is 77.4 cm³/mol. The van der Waals surface area contributed by atoms with Gasteiger partial charge in [-0.2, -0.15) is 4.37 Å². The Kier molecular flexibility index (Phi) is 3.17. The first-order valence-corrected chi connectivity index (χ1v) is 6.76. The highest BCUT2D eigenvalue weighted by Crippen LogP contribution is 2.30. The van der Waals surface area contributed by atoms with Gasteiger partial charge in [-0.15, -0.1) is 0 Å². The lowest BCUT2D eigenvalue weighted by molar-refractivity contribution is 0.293. The topological polar surface area (TPSA) is 35.0 Å². The van der Waals surface area contributed by atoms with E-state index in [4.69, 9.17) is 4.74 Å². The van der Waals surface area contributed by atoms with Crippen molar-refractivity contribution in [1.82, 2.24) is 9.36 Å². The molecule has 3 rings (SSSR count). The number of nitrogens with zero attached hydrogens (tertiary/aromatic N) is 2. The molecule has 95 valence electrons. The summed E-state index contributed by atoms with van der Waals surface area (Å²) in [5.41, 5.74) is 2.86. The van der Waals surface area contributed by atoms with E-state index < -0.39 is 0 Å². The van der Waals surface area contributed by atoms with E-state index in [2.05, 4.69) is 16.3 Å². The van der Waals surface area contributed by atoms with Crippen molar-refractivity contribution in [2.45, 2.75) is 13.5 Å². The molecule has 4 heteroatoms. The van der Waals surface area contributed by atoms with Crippen LogP contribution in [0.25, 0.3) is 10.1 Å². The molecular formula is C15H13N2OS. The van der Waals surface area contributed by atoms with Gasteiger partial charge >= 0.3 is 0 Å². The maximum absolute atomic E-state index is 5.79. The van der Waals surface area contributed by atoms with E-state index in [9.17, 15) is 0 Å². The van der Waals surface area contributed by atoms with Crippen LogP contribution in [0.4, 0.5) is 0 Å². The van der Waals surface area contributed by atoms with Crippen LogP contribution in [0, 0.1) is 13.8 Å². The number of rotatable bonds is 3. The minimum atomic E-state index is 0.500. The van der Waals surface area contributed by atoms with Gasteiger partial charge in [-0.1, -0.05) is 30.3 Å². The Hall–Kier alpha value is -1.94. The van der Waals surface area contributed by atoms with Crippen molar-refractivity contribution in [2.24, 2.45) is 0 Å². The van der Waals surface area contributed by atoms with Gasteiger partial charge in [0.2, 0.25) is 5.88 Å². The van der Waals surface area contributed by atoms with E-state index in [0.29, 0.717) is 12.5 Å². The Labute approximate surface area is 116 Å². The number of ether oxygens (including phenoxy) is 1. The minimum Gasteiger partial charge on any atom is -0.473 e. The zero-order chi connectivity index (χ0) is 13.2. The van der Waals surface area contributed by atoms with Crippen LogP contribution in [-0.4, -0.2) is 9.36 Å². The van der Waals surface area contributed by atoms with E-state index in [-0.39, 0.29) is 0 Å². The number of aryl methyl sites for hydroxylation is 1. The van der Waals surface area contributed by atoms with Crippen LogP contribution in [0.1, 0.15) is 16.8 Å². The summed E-state index contributed by atoms with van der Waals surface area (Å²) in [6.45, 7) is 6.52. The SMILES string of the molecule is [CH2]c1c(OCc2ccccc2)nc(C)c2cnsc12. The standard InChI is InChI=1S/C15H13N2OS/c1-10-14-13(8-16-19-14)11(2)17-15(10)18-9-12-6-4-3-5-7-12/h3-8H,1,9H2,2H3. The summed E-state index contributed by atoms with van der Waals surface area (Å²) < 4.78 is 11.0. The first kappa shape index (κ1) is 12.1. The normalized spacial score (nSPS) is 10.8. The highest BCUT2D eigenvalue weighted by atomic mass is 32.1. The van der Waals surface area contributed by atoms with Crippen molar-refractivity contribution < 1.29 is 4.74 Å². The van der Waals surface area contributed by atoms with Crippen LogP contribution in [0.3, 0.4) is 0 Å². The van der Waals surface area contributed by atoms with Crippen molar-refractivity contribution in [2.75, 3.05) is 0 Å². The maximum atomic E-state index is 5.79. The molecule has 0 bridgehead atoms. The Balaban J connectivity index is 1.91. The molecule has 0 atom stereocenters. The second kappa shape index (κ2) is 4.97. The number of fused-ring (bicyclic) bond motifs is 1. The third kappa shape index (κ3) is 2.31. The van der Waals surface area contributed by atoms with Crippen LogP contribution in [0.15, 0.2) is 36.5 Å². The van der Waals surface area contributed by atoms with Crippen LogP contribution in [0.2, 0.25) is 0 Å². The molecule has 0 N–H and O–H groups in total. The van der Waals surface area contributed by atoms with Gasteiger partial charge in [0.05, 0.1) is 16.6 Å². The molecule has 2 heterocycles. The largest absolute Gasteiger partial charge is 0.473 e. The predicted octanol–water partition coefficient (Wildman–Crippen LogP) is 3.76. The molecule has 0 spiro atoms. The number of benzene rings is 1. The van der Waals surface area contributed by atoms with Gasteiger partial charge in [0.25, 0.3) is 0 Å². The van der Waals surface area contributed by atoms with Crippen LogP contribution in [0.5, 0.6) is 5.88 Å². The fourth-order valence-electron chi connectivity index (χ4n) is 1.94. The monoisotopic (exact) mass is 269 g/mol. The Morgan fingerprint density at radius 2 is 2.05 bits per heavy atom.